The van der Waals surface area contributed by atoms with E-state index in [4.69, 9.17) is 14.2 Å². The Bertz CT molecular complexity index is 1660. The SMILES string of the molecule is COc1ccc(NC(=O)Cn2cc(COc3ccc(/C=N/NC(=O)c4cc5ccccc5[nH]4)cc3OC)nn2)cc1. The summed E-state index contributed by atoms with van der Waals surface area (Å²) in [6.45, 7) is 0.109. The molecule has 208 valence electrons. The molecular formula is C29H27N7O5. The molecule has 41 heavy (non-hydrogen) atoms. The molecule has 2 amide bonds. The van der Waals surface area contributed by atoms with E-state index in [-0.39, 0.29) is 25.0 Å². The Labute approximate surface area is 234 Å². The topological polar surface area (TPSA) is 145 Å². The van der Waals surface area contributed by atoms with Crippen LogP contribution in [0, 0.1) is 0 Å². The van der Waals surface area contributed by atoms with Gasteiger partial charge in [-0.1, -0.05) is 23.4 Å². The van der Waals surface area contributed by atoms with E-state index >= 15 is 0 Å². The summed E-state index contributed by atoms with van der Waals surface area (Å²) >= 11 is 0. The first-order valence-electron chi connectivity index (χ1n) is 12.6. The Morgan fingerprint density at radius 1 is 1.00 bits per heavy atom. The largest absolute Gasteiger partial charge is 0.497 e. The van der Waals surface area contributed by atoms with Crippen LogP contribution in [0.2, 0.25) is 0 Å². The van der Waals surface area contributed by atoms with Crippen molar-refractivity contribution in [1.82, 2.24) is 25.4 Å². The maximum Gasteiger partial charge on any atom is 0.287 e. The number of amides is 2. The number of hydrazone groups is 1. The van der Waals surface area contributed by atoms with E-state index in [9.17, 15) is 9.59 Å². The third-order valence-electron chi connectivity index (χ3n) is 5.98. The lowest BCUT2D eigenvalue weighted by atomic mass is 10.2. The highest BCUT2D eigenvalue weighted by atomic mass is 16.5. The summed E-state index contributed by atoms with van der Waals surface area (Å²) in [6, 6.07) is 21.7. The Kier molecular flexibility index (Phi) is 8.19. The maximum absolute atomic E-state index is 12.4. The summed E-state index contributed by atoms with van der Waals surface area (Å²) < 4.78 is 17.9. The second-order valence-corrected chi connectivity index (χ2v) is 8.85. The average Bonchev–Trinajstić information content (AvgIpc) is 3.63. The Morgan fingerprint density at radius 3 is 2.61 bits per heavy atom. The normalized spacial score (nSPS) is 11.0. The van der Waals surface area contributed by atoms with E-state index < -0.39 is 0 Å². The van der Waals surface area contributed by atoms with Crippen molar-refractivity contribution >= 4 is 34.6 Å². The average molecular weight is 554 g/mol. The van der Waals surface area contributed by atoms with Gasteiger partial charge in [-0.15, -0.1) is 5.10 Å². The summed E-state index contributed by atoms with van der Waals surface area (Å²) in [7, 11) is 3.11. The van der Waals surface area contributed by atoms with E-state index in [0.717, 1.165) is 10.9 Å². The summed E-state index contributed by atoms with van der Waals surface area (Å²) in [6.07, 6.45) is 3.15. The van der Waals surface area contributed by atoms with Gasteiger partial charge in [0.05, 0.1) is 26.6 Å². The van der Waals surface area contributed by atoms with Crippen LogP contribution in [-0.4, -0.2) is 52.2 Å². The van der Waals surface area contributed by atoms with Crippen molar-refractivity contribution in [3.05, 3.63) is 95.9 Å². The maximum atomic E-state index is 12.4. The number of H-pyrrole nitrogens is 1. The molecule has 3 N–H and O–H groups in total. The quantitative estimate of drug-likeness (QED) is 0.167. The number of carbonyl (C=O) groups excluding carboxylic acids is 2. The lowest BCUT2D eigenvalue weighted by molar-refractivity contribution is -0.116. The molecule has 5 rings (SSSR count). The number of fused-ring (bicyclic) bond motifs is 1. The Balaban J connectivity index is 1.13. The highest BCUT2D eigenvalue weighted by Crippen LogP contribution is 2.28. The van der Waals surface area contributed by atoms with Gasteiger partial charge in [0, 0.05) is 16.6 Å². The van der Waals surface area contributed by atoms with Crippen molar-refractivity contribution in [2.75, 3.05) is 19.5 Å². The number of para-hydroxylation sites is 1. The second kappa shape index (κ2) is 12.5. The zero-order valence-corrected chi connectivity index (χ0v) is 22.3. The molecule has 2 heterocycles. The zero-order chi connectivity index (χ0) is 28.6. The summed E-state index contributed by atoms with van der Waals surface area (Å²) in [5, 5.41) is 15.9. The molecule has 0 spiro atoms. The summed E-state index contributed by atoms with van der Waals surface area (Å²) in [5.41, 5.74) is 5.69. The number of methoxy groups -OCH3 is 2. The smallest absolute Gasteiger partial charge is 0.287 e. The number of hydrogen-bond acceptors (Lipinski definition) is 8. The zero-order valence-electron chi connectivity index (χ0n) is 22.3. The van der Waals surface area contributed by atoms with E-state index in [1.54, 1.807) is 61.8 Å². The van der Waals surface area contributed by atoms with Gasteiger partial charge < -0.3 is 24.5 Å². The molecular weight excluding hydrogens is 526 g/mol. The number of nitrogens with zero attached hydrogens (tertiary/aromatic N) is 4. The second-order valence-electron chi connectivity index (χ2n) is 8.85. The molecule has 0 atom stereocenters. The van der Waals surface area contributed by atoms with Crippen molar-refractivity contribution in [2.24, 2.45) is 5.10 Å². The molecule has 0 aliphatic heterocycles. The fourth-order valence-corrected chi connectivity index (χ4v) is 3.96. The van der Waals surface area contributed by atoms with E-state index in [0.29, 0.717) is 39.9 Å². The molecule has 0 aliphatic rings. The van der Waals surface area contributed by atoms with Gasteiger partial charge >= 0.3 is 0 Å². The lowest BCUT2D eigenvalue weighted by Gasteiger charge is -2.10. The third-order valence-corrected chi connectivity index (χ3v) is 5.98. The molecule has 5 aromatic rings. The van der Waals surface area contributed by atoms with Crippen molar-refractivity contribution in [3.63, 3.8) is 0 Å². The molecule has 3 aromatic carbocycles. The van der Waals surface area contributed by atoms with Crippen LogP contribution in [0.5, 0.6) is 17.2 Å². The molecule has 0 radical (unpaired) electrons. The first-order valence-corrected chi connectivity index (χ1v) is 12.6. The minimum absolute atomic E-state index is 0.00674. The van der Waals surface area contributed by atoms with Crippen LogP contribution in [-0.2, 0) is 17.9 Å². The highest BCUT2D eigenvalue weighted by molar-refractivity contribution is 5.98. The Morgan fingerprint density at radius 2 is 1.83 bits per heavy atom. The van der Waals surface area contributed by atoms with E-state index in [1.807, 2.05) is 24.3 Å². The summed E-state index contributed by atoms with van der Waals surface area (Å²) in [5.74, 6) is 1.06. The minimum Gasteiger partial charge on any atom is -0.497 e. The van der Waals surface area contributed by atoms with Gasteiger partial charge in [0.1, 0.15) is 30.3 Å². The fraction of sp³-hybridized carbons (Fsp3) is 0.138. The number of aromatic nitrogens is 4. The molecule has 12 nitrogen and oxygen atoms in total. The van der Waals surface area contributed by atoms with Gasteiger partial charge in [-0.3, -0.25) is 9.59 Å². The third kappa shape index (κ3) is 6.87. The Hall–Kier alpha value is -5.65. The molecule has 0 fully saturated rings. The molecule has 0 saturated carbocycles. The van der Waals surface area contributed by atoms with Crippen molar-refractivity contribution in [1.29, 1.82) is 0 Å². The first-order chi connectivity index (χ1) is 20.0. The fourth-order valence-electron chi connectivity index (χ4n) is 3.96. The van der Waals surface area contributed by atoms with E-state index in [2.05, 4.69) is 31.1 Å². The molecule has 12 heteroatoms. The van der Waals surface area contributed by atoms with Crippen molar-refractivity contribution in [2.45, 2.75) is 13.2 Å². The van der Waals surface area contributed by atoms with Crippen LogP contribution in [0.1, 0.15) is 21.7 Å². The van der Waals surface area contributed by atoms with Crippen LogP contribution in [0.15, 0.2) is 84.1 Å². The monoisotopic (exact) mass is 553 g/mol. The number of hydrogen-bond donors (Lipinski definition) is 3. The molecule has 0 saturated heterocycles. The first kappa shape index (κ1) is 26.9. The van der Waals surface area contributed by atoms with Gasteiger partial charge in [0.2, 0.25) is 5.91 Å². The lowest BCUT2D eigenvalue weighted by Crippen LogP contribution is -2.19. The number of anilines is 1. The number of nitrogens with one attached hydrogen (secondary N) is 3. The highest BCUT2D eigenvalue weighted by Gasteiger charge is 2.11. The van der Waals surface area contributed by atoms with Crippen LogP contribution >= 0.6 is 0 Å². The van der Waals surface area contributed by atoms with Crippen LogP contribution < -0.4 is 25.0 Å². The molecule has 0 bridgehead atoms. The predicted molar refractivity (Wildman–Crippen MR) is 152 cm³/mol. The number of ether oxygens (including phenoxy) is 3. The van der Waals surface area contributed by atoms with Crippen LogP contribution in [0.3, 0.4) is 0 Å². The number of aromatic amines is 1. The number of carbonyl (C=O) groups is 2. The predicted octanol–water partition coefficient (Wildman–Crippen LogP) is 3.76. The van der Waals surface area contributed by atoms with Gasteiger partial charge in [-0.2, -0.15) is 5.10 Å². The van der Waals surface area contributed by atoms with E-state index in [1.165, 1.54) is 18.0 Å². The molecule has 0 unspecified atom stereocenters. The van der Waals surface area contributed by atoms with Crippen molar-refractivity contribution < 1.29 is 23.8 Å². The number of benzene rings is 3. The van der Waals surface area contributed by atoms with Crippen LogP contribution in [0.25, 0.3) is 10.9 Å². The molecule has 2 aromatic heterocycles. The number of rotatable bonds is 11. The standard InChI is InChI=1S/C29H27N7O5/c1-39-23-10-8-21(9-11-23)31-28(37)17-36-16-22(33-35-36)18-41-26-12-7-19(13-27(26)40-2)15-30-34-29(38)25-14-20-5-3-4-6-24(20)32-25/h3-16,32H,17-18H2,1-2H3,(H,31,37)(H,34,38)/b30-15+. The molecule has 0 aliphatic carbocycles. The van der Waals surface area contributed by atoms with Gasteiger partial charge in [-0.25, -0.2) is 10.1 Å². The van der Waals surface area contributed by atoms with Crippen molar-refractivity contribution in [3.8, 4) is 17.2 Å². The van der Waals surface area contributed by atoms with Gasteiger partial charge in [0.15, 0.2) is 11.5 Å². The van der Waals surface area contributed by atoms with Crippen LogP contribution in [0.4, 0.5) is 5.69 Å². The minimum atomic E-state index is -0.351. The van der Waals surface area contributed by atoms with Gasteiger partial charge in [0.25, 0.3) is 5.91 Å². The summed E-state index contributed by atoms with van der Waals surface area (Å²) in [4.78, 5) is 27.8. The van der Waals surface area contributed by atoms with Gasteiger partial charge in [-0.05, 0) is 60.2 Å².